The van der Waals surface area contributed by atoms with E-state index >= 15 is 0 Å². The van der Waals surface area contributed by atoms with E-state index in [2.05, 4.69) is 10.1 Å². The quantitative estimate of drug-likeness (QED) is 0.424. The van der Waals surface area contributed by atoms with Gasteiger partial charge in [-0.3, -0.25) is 4.79 Å². The van der Waals surface area contributed by atoms with E-state index in [1.165, 1.54) is 12.1 Å². The zero-order chi connectivity index (χ0) is 21.8. The molecule has 0 fully saturated rings. The van der Waals surface area contributed by atoms with Crippen LogP contribution < -0.4 is 4.74 Å². The predicted molar refractivity (Wildman–Crippen MR) is 117 cm³/mol. The first kappa shape index (κ1) is 20.7. The Labute approximate surface area is 183 Å². The van der Waals surface area contributed by atoms with Crippen LogP contribution in [0.15, 0.2) is 66.0 Å². The van der Waals surface area contributed by atoms with E-state index in [4.69, 9.17) is 4.74 Å². The fourth-order valence-corrected chi connectivity index (χ4v) is 4.00. The van der Waals surface area contributed by atoms with Crippen molar-refractivity contribution >= 4 is 17.2 Å². The molecular weight excluding hydrogens is 415 g/mol. The molecule has 4 aromatic rings. The van der Waals surface area contributed by atoms with Gasteiger partial charge in [-0.25, -0.2) is 14.1 Å². The number of rotatable bonds is 7. The molecule has 8 heteroatoms. The van der Waals surface area contributed by atoms with E-state index in [1.807, 2.05) is 41.8 Å². The van der Waals surface area contributed by atoms with Gasteiger partial charge >= 0.3 is 0 Å². The Morgan fingerprint density at radius 1 is 1.10 bits per heavy atom. The Kier molecular flexibility index (Phi) is 6.08. The Morgan fingerprint density at radius 2 is 1.87 bits per heavy atom. The number of para-hydroxylation sites is 1. The predicted octanol–water partition coefficient (Wildman–Crippen LogP) is 4.63. The highest BCUT2D eigenvalue weighted by atomic mass is 32.1. The monoisotopic (exact) mass is 436 g/mol. The molecule has 0 saturated carbocycles. The Balaban J connectivity index is 1.65. The molecule has 6 nitrogen and oxygen atoms in total. The number of ether oxygens (including phenoxy) is 1. The summed E-state index contributed by atoms with van der Waals surface area (Å²) < 4.78 is 20.3. The van der Waals surface area contributed by atoms with Crippen molar-refractivity contribution in [3.05, 3.63) is 94.0 Å². The van der Waals surface area contributed by atoms with E-state index < -0.39 is 0 Å². The average molecular weight is 437 g/mol. The number of methoxy groups -OCH3 is 1. The molecule has 1 amide bonds. The van der Waals surface area contributed by atoms with Gasteiger partial charge in [0.15, 0.2) is 0 Å². The molecule has 0 aliphatic heterocycles. The van der Waals surface area contributed by atoms with Crippen molar-refractivity contribution in [3.63, 3.8) is 0 Å². The molecule has 158 valence electrons. The molecule has 31 heavy (non-hydrogen) atoms. The average Bonchev–Trinajstić information content (AvgIpc) is 3.43. The second-order valence-electron chi connectivity index (χ2n) is 6.92. The fraction of sp³-hybridized carbons (Fsp3) is 0.174. The molecule has 2 aromatic heterocycles. The largest absolute Gasteiger partial charge is 0.496 e. The van der Waals surface area contributed by atoms with E-state index in [1.54, 1.807) is 47.1 Å². The summed E-state index contributed by atoms with van der Waals surface area (Å²) in [4.78, 5) is 20.6. The van der Waals surface area contributed by atoms with Crippen LogP contribution in [0.25, 0.3) is 5.69 Å². The number of aryl methyl sites for hydroxylation is 1. The second-order valence-corrected chi connectivity index (χ2v) is 7.96. The molecule has 2 heterocycles. The number of benzene rings is 2. The van der Waals surface area contributed by atoms with Crippen LogP contribution >= 0.6 is 11.3 Å². The number of hydrogen-bond acceptors (Lipinski definition) is 5. The van der Waals surface area contributed by atoms with Crippen molar-refractivity contribution in [3.8, 4) is 11.4 Å². The molecule has 0 aliphatic rings. The number of halogens is 1. The van der Waals surface area contributed by atoms with Gasteiger partial charge in [-0.05, 0) is 48.7 Å². The van der Waals surface area contributed by atoms with Gasteiger partial charge < -0.3 is 9.64 Å². The van der Waals surface area contributed by atoms with Gasteiger partial charge in [0, 0.05) is 10.4 Å². The van der Waals surface area contributed by atoms with Crippen LogP contribution in [0.5, 0.6) is 5.75 Å². The summed E-state index contributed by atoms with van der Waals surface area (Å²) >= 11 is 1.58. The molecular formula is C23H21FN4O2S. The highest BCUT2D eigenvalue weighted by Gasteiger charge is 2.23. The number of carbonyl (C=O) groups excluding carboxylic acids is 1. The zero-order valence-electron chi connectivity index (χ0n) is 17.2. The summed E-state index contributed by atoms with van der Waals surface area (Å²) in [7, 11) is 1.61. The molecule has 0 atom stereocenters. The van der Waals surface area contributed by atoms with Gasteiger partial charge in [0.05, 0.1) is 25.9 Å². The lowest BCUT2D eigenvalue weighted by atomic mass is 10.2. The van der Waals surface area contributed by atoms with Crippen LogP contribution in [-0.2, 0) is 13.1 Å². The van der Waals surface area contributed by atoms with Gasteiger partial charge in [0.1, 0.15) is 17.4 Å². The number of carbonyl (C=O) groups is 1. The van der Waals surface area contributed by atoms with Crippen molar-refractivity contribution in [2.45, 2.75) is 20.0 Å². The van der Waals surface area contributed by atoms with Crippen LogP contribution in [0.4, 0.5) is 4.39 Å². The van der Waals surface area contributed by atoms with Gasteiger partial charge in [-0.1, -0.05) is 24.3 Å². The SMILES string of the molecule is COc1ccccc1CN(Cc1cccs1)C(=O)c1nc(C)n(-c2ccc(F)cc2)n1. The number of thiophene rings is 1. The maximum atomic E-state index is 13.4. The first-order valence-corrected chi connectivity index (χ1v) is 10.6. The Morgan fingerprint density at radius 3 is 2.58 bits per heavy atom. The Hall–Kier alpha value is -3.52. The highest BCUT2D eigenvalue weighted by Crippen LogP contribution is 2.23. The molecule has 0 N–H and O–H groups in total. The number of amides is 1. The minimum absolute atomic E-state index is 0.0910. The highest BCUT2D eigenvalue weighted by molar-refractivity contribution is 7.09. The zero-order valence-corrected chi connectivity index (χ0v) is 18.0. The molecule has 0 spiro atoms. The normalized spacial score (nSPS) is 10.8. The minimum Gasteiger partial charge on any atom is -0.496 e. The third kappa shape index (κ3) is 4.64. The van der Waals surface area contributed by atoms with Gasteiger partial charge in [-0.2, -0.15) is 0 Å². The van der Waals surface area contributed by atoms with Crippen molar-refractivity contribution in [2.24, 2.45) is 0 Å². The van der Waals surface area contributed by atoms with E-state index in [-0.39, 0.29) is 17.5 Å². The summed E-state index contributed by atoms with van der Waals surface area (Å²) in [6.07, 6.45) is 0. The topological polar surface area (TPSA) is 60.2 Å². The van der Waals surface area contributed by atoms with Crippen LogP contribution in [0, 0.1) is 12.7 Å². The number of aromatic nitrogens is 3. The summed E-state index contributed by atoms with van der Waals surface area (Å²) in [5.74, 6) is 0.726. The first-order valence-electron chi connectivity index (χ1n) is 9.68. The summed E-state index contributed by atoms with van der Waals surface area (Å²) in [5, 5.41) is 6.39. The van der Waals surface area contributed by atoms with E-state index in [0.717, 1.165) is 10.4 Å². The fourth-order valence-electron chi connectivity index (χ4n) is 3.28. The lowest BCUT2D eigenvalue weighted by Gasteiger charge is -2.22. The van der Waals surface area contributed by atoms with Crippen molar-refractivity contribution < 1.29 is 13.9 Å². The lowest BCUT2D eigenvalue weighted by molar-refractivity contribution is 0.0718. The lowest BCUT2D eigenvalue weighted by Crippen LogP contribution is -2.31. The molecule has 0 radical (unpaired) electrons. The summed E-state index contributed by atoms with van der Waals surface area (Å²) in [6.45, 7) is 2.54. The summed E-state index contributed by atoms with van der Waals surface area (Å²) in [5.41, 5.74) is 1.53. The van der Waals surface area contributed by atoms with Gasteiger partial charge in [-0.15, -0.1) is 16.4 Å². The van der Waals surface area contributed by atoms with Crippen LogP contribution in [0.3, 0.4) is 0 Å². The van der Waals surface area contributed by atoms with Crippen LogP contribution in [0.1, 0.15) is 26.9 Å². The summed E-state index contributed by atoms with van der Waals surface area (Å²) in [6, 6.07) is 17.5. The number of nitrogens with zero attached hydrogens (tertiary/aromatic N) is 4. The van der Waals surface area contributed by atoms with Gasteiger partial charge in [0.25, 0.3) is 5.91 Å². The Bertz CT molecular complexity index is 1170. The molecule has 0 bridgehead atoms. The second kappa shape index (κ2) is 9.09. The maximum Gasteiger partial charge on any atom is 0.294 e. The van der Waals surface area contributed by atoms with Gasteiger partial charge in [0.2, 0.25) is 5.82 Å². The van der Waals surface area contributed by atoms with E-state index in [0.29, 0.717) is 30.4 Å². The first-order chi connectivity index (χ1) is 15.0. The molecule has 0 saturated heterocycles. The van der Waals surface area contributed by atoms with Crippen molar-refractivity contribution in [2.75, 3.05) is 7.11 Å². The smallest absolute Gasteiger partial charge is 0.294 e. The third-order valence-corrected chi connectivity index (χ3v) is 5.66. The third-order valence-electron chi connectivity index (χ3n) is 4.80. The van der Waals surface area contributed by atoms with Crippen LogP contribution in [-0.4, -0.2) is 32.7 Å². The molecule has 0 unspecified atom stereocenters. The van der Waals surface area contributed by atoms with Crippen molar-refractivity contribution in [1.82, 2.24) is 19.7 Å². The minimum atomic E-state index is -0.336. The molecule has 4 rings (SSSR count). The standard InChI is InChI=1S/C23H21FN4O2S/c1-16-25-22(26-28(16)19-11-9-18(24)10-12-19)23(29)27(15-20-7-5-13-31-20)14-17-6-3-4-8-21(17)30-2/h3-13H,14-15H2,1-2H3. The maximum absolute atomic E-state index is 13.4. The molecule has 2 aromatic carbocycles. The van der Waals surface area contributed by atoms with Crippen molar-refractivity contribution in [1.29, 1.82) is 0 Å². The van der Waals surface area contributed by atoms with Crippen LogP contribution in [0.2, 0.25) is 0 Å². The number of hydrogen-bond donors (Lipinski definition) is 0. The van der Waals surface area contributed by atoms with E-state index in [9.17, 15) is 9.18 Å². The molecule has 0 aliphatic carbocycles.